The van der Waals surface area contributed by atoms with Crippen molar-refractivity contribution in [3.63, 3.8) is 0 Å². The number of rotatable bonds is 7. The fourth-order valence-electron chi connectivity index (χ4n) is 1.46. The summed E-state index contributed by atoms with van der Waals surface area (Å²) in [6.07, 6.45) is 8.66. The number of aldehydes is 1. The van der Waals surface area contributed by atoms with Crippen molar-refractivity contribution < 1.29 is 9.53 Å². The van der Waals surface area contributed by atoms with E-state index in [1.54, 1.807) is 0 Å². The molecule has 2 nitrogen and oxygen atoms in total. The summed E-state index contributed by atoms with van der Waals surface area (Å²) in [4.78, 5) is 10.2. The highest BCUT2D eigenvalue weighted by Crippen LogP contribution is 2.25. The Morgan fingerprint density at radius 1 is 1.25 bits per heavy atom. The van der Waals surface area contributed by atoms with Gasteiger partial charge in [-0.15, -0.1) is 0 Å². The molecule has 1 heterocycles. The van der Waals surface area contributed by atoms with E-state index in [-0.39, 0.29) is 12.2 Å². The van der Waals surface area contributed by atoms with Crippen LogP contribution in [0.5, 0.6) is 0 Å². The van der Waals surface area contributed by atoms with Crippen LogP contribution in [0, 0.1) is 0 Å². The van der Waals surface area contributed by atoms with Crippen molar-refractivity contribution >= 4 is 6.29 Å². The highest BCUT2D eigenvalue weighted by molar-refractivity contribution is 5.60. The molecule has 0 aromatic heterocycles. The zero-order chi connectivity index (χ0) is 8.81. The summed E-state index contributed by atoms with van der Waals surface area (Å²) < 4.78 is 5.10. The molecule has 70 valence electrons. The normalized spacial score (nSPS) is 27.1. The fourth-order valence-corrected chi connectivity index (χ4v) is 1.46. The molecule has 0 saturated carbocycles. The van der Waals surface area contributed by atoms with Crippen LogP contribution in [0.15, 0.2) is 0 Å². The van der Waals surface area contributed by atoms with Crippen molar-refractivity contribution in [1.29, 1.82) is 0 Å². The lowest BCUT2D eigenvalue weighted by Gasteiger charge is -1.96. The molecule has 1 saturated heterocycles. The first-order chi connectivity index (χ1) is 5.88. The van der Waals surface area contributed by atoms with E-state index in [4.69, 9.17) is 4.74 Å². The third-order valence-electron chi connectivity index (χ3n) is 2.35. The van der Waals surface area contributed by atoms with Gasteiger partial charge in [-0.2, -0.15) is 0 Å². The van der Waals surface area contributed by atoms with Gasteiger partial charge in [-0.1, -0.05) is 39.0 Å². The van der Waals surface area contributed by atoms with Gasteiger partial charge in [-0.05, 0) is 6.42 Å². The van der Waals surface area contributed by atoms with Gasteiger partial charge in [-0.3, -0.25) is 0 Å². The first kappa shape index (κ1) is 9.72. The van der Waals surface area contributed by atoms with E-state index in [9.17, 15) is 4.79 Å². The summed E-state index contributed by atoms with van der Waals surface area (Å²) in [6, 6.07) is 0. The van der Waals surface area contributed by atoms with Gasteiger partial charge < -0.3 is 9.53 Å². The molecule has 0 aromatic rings. The average molecular weight is 170 g/mol. The Kier molecular flexibility index (Phi) is 4.30. The van der Waals surface area contributed by atoms with Crippen LogP contribution in [0.3, 0.4) is 0 Å². The van der Waals surface area contributed by atoms with E-state index >= 15 is 0 Å². The van der Waals surface area contributed by atoms with Crippen LogP contribution in [-0.2, 0) is 9.53 Å². The van der Waals surface area contributed by atoms with Gasteiger partial charge >= 0.3 is 0 Å². The smallest absolute Gasteiger partial charge is 0.151 e. The molecule has 1 rings (SSSR count). The number of unbranched alkanes of at least 4 members (excludes halogenated alkanes) is 4. The number of hydrogen-bond donors (Lipinski definition) is 0. The molecule has 1 unspecified atom stereocenters. The van der Waals surface area contributed by atoms with Gasteiger partial charge in [0.25, 0.3) is 0 Å². The molecule has 0 radical (unpaired) electrons. The third kappa shape index (κ3) is 3.35. The van der Waals surface area contributed by atoms with Gasteiger partial charge in [0.05, 0.1) is 6.10 Å². The van der Waals surface area contributed by atoms with E-state index in [1.165, 1.54) is 32.1 Å². The number of carbonyl (C=O) groups is 1. The van der Waals surface area contributed by atoms with Crippen LogP contribution in [0.2, 0.25) is 0 Å². The lowest BCUT2D eigenvalue weighted by molar-refractivity contribution is -0.108. The third-order valence-corrected chi connectivity index (χ3v) is 2.35. The Morgan fingerprint density at radius 2 is 2.00 bits per heavy atom. The quantitative estimate of drug-likeness (QED) is 0.333. The molecule has 2 heteroatoms. The van der Waals surface area contributed by atoms with Gasteiger partial charge in [0.2, 0.25) is 0 Å². The van der Waals surface area contributed by atoms with E-state index < -0.39 is 0 Å². The number of epoxide rings is 1. The van der Waals surface area contributed by atoms with Crippen molar-refractivity contribution in [3.05, 3.63) is 0 Å². The molecular weight excluding hydrogens is 152 g/mol. The topological polar surface area (TPSA) is 29.6 Å². The second-order valence-corrected chi connectivity index (χ2v) is 3.48. The lowest BCUT2D eigenvalue weighted by atomic mass is 10.1. The highest BCUT2D eigenvalue weighted by atomic mass is 16.6. The maximum absolute atomic E-state index is 10.2. The Balaban J connectivity index is 1.81. The standard InChI is InChI=1S/C10H18O2/c1-2-3-4-5-6-7-9-10(8-11)12-9/h8-10H,2-7H2,1H3/t9?,10-/m0/s1. The molecule has 12 heavy (non-hydrogen) atoms. The molecule has 0 N–H and O–H groups in total. The molecule has 0 aliphatic carbocycles. The Bertz CT molecular complexity index is 134. The molecular formula is C10H18O2. The summed E-state index contributed by atoms with van der Waals surface area (Å²) in [5.74, 6) is 0. The van der Waals surface area contributed by atoms with Gasteiger partial charge in [-0.25, -0.2) is 0 Å². The predicted octanol–water partition coefficient (Wildman–Crippen LogP) is 2.31. The van der Waals surface area contributed by atoms with Crippen molar-refractivity contribution in [3.8, 4) is 0 Å². The first-order valence-corrected chi connectivity index (χ1v) is 4.99. The predicted molar refractivity (Wildman–Crippen MR) is 48.1 cm³/mol. The van der Waals surface area contributed by atoms with Crippen molar-refractivity contribution in [2.75, 3.05) is 0 Å². The van der Waals surface area contributed by atoms with E-state index in [1.807, 2.05) is 0 Å². The Hall–Kier alpha value is -0.370. The molecule has 0 aromatic carbocycles. The van der Waals surface area contributed by atoms with Crippen LogP contribution >= 0.6 is 0 Å². The second-order valence-electron chi connectivity index (χ2n) is 3.48. The van der Waals surface area contributed by atoms with Gasteiger partial charge in [0.15, 0.2) is 6.29 Å². The molecule has 1 fully saturated rings. The van der Waals surface area contributed by atoms with E-state index in [0.29, 0.717) is 0 Å². The first-order valence-electron chi connectivity index (χ1n) is 4.99. The van der Waals surface area contributed by atoms with Crippen LogP contribution in [0.1, 0.15) is 45.4 Å². The summed E-state index contributed by atoms with van der Waals surface area (Å²) in [7, 11) is 0. The van der Waals surface area contributed by atoms with Crippen molar-refractivity contribution in [1.82, 2.24) is 0 Å². The van der Waals surface area contributed by atoms with Crippen molar-refractivity contribution in [2.24, 2.45) is 0 Å². The van der Waals surface area contributed by atoms with Crippen molar-refractivity contribution in [2.45, 2.75) is 57.7 Å². The maximum Gasteiger partial charge on any atom is 0.151 e. The highest BCUT2D eigenvalue weighted by Gasteiger charge is 2.37. The minimum absolute atomic E-state index is 0.0591. The summed E-state index contributed by atoms with van der Waals surface area (Å²) in [6.45, 7) is 2.21. The molecule has 2 atom stereocenters. The lowest BCUT2D eigenvalue weighted by Crippen LogP contribution is -1.94. The Labute approximate surface area is 74.3 Å². The van der Waals surface area contributed by atoms with Gasteiger partial charge in [0, 0.05) is 0 Å². The fraction of sp³-hybridized carbons (Fsp3) is 0.900. The summed E-state index contributed by atoms with van der Waals surface area (Å²) in [5.41, 5.74) is 0. The molecule has 0 spiro atoms. The monoisotopic (exact) mass is 170 g/mol. The van der Waals surface area contributed by atoms with Crippen LogP contribution in [0.25, 0.3) is 0 Å². The second kappa shape index (κ2) is 5.31. The van der Waals surface area contributed by atoms with Crippen LogP contribution in [0.4, 0.5) is 0 Å². The maximum atomic E-state index is 10.2. The minimum Gasteiger partial charge on any atom is -0.362 e. The molecule has 1 aliphatic heterocycles. The Morgan fingerprint density at radius 3 is 2.58 bits per heavy atom. The molecule has 1 aliphatic rings. The van der Waals surface area contributed by atoms with Gasteiger partial charge in [0.1, 0.15) is 6.10 Å². The van der Waals surface area contributed by atoms with E-state index in [0.717, 1.165) is 12.7 Å². The average Bonchev–Trinajstić information content (AvgIpc) is 2.83. The molecule has 0 amide bonds. The number of ether oxygens (including phenoxy) is 1. The zero-order valence-electron chi connectivity index (χ0n) is 7.79. The number of hydrogen-bond acceptors (Lipinski definition) is 2. The molecule has 0 bridgehead atoms. The number of carbonyl (C=O) groups excluding carboxylic acids is 1. The SMILES string of the molecule is CCCCCCCC1O[C@H]1C=O. The minimum atomic E-state index is -0.0591. The van der Waals surface area contributed by atoms with Crippen LogP contribution < -0.4 is 0 Å². The summed E-state index contributed by atoms with van der Waals surface area (Å²) >= 11 is 0. The van der Waals surface area contributed by atoms with Crippen LogP contribution in [-0.4, -0.2) is 18.5 Å². The largest absolute Gasteiger partial charge is 0.362 e. The zero-order valence-corrected chi connectivity index (χ0v) is 7.79. The summed E-state index contributed by atoms with van der Waals surface area (Å²) in [5, 5.41) is 0. The van der Waals surface area contributed by atoms with E-state index in [2.05, 4.69) is 6.92 Å².